The zero-order valence-electron chi connectivity index (χ0n) is 17.4. The maximum atomic E-state index is 13.7. The summed E-state index contributed by atoms with van der Waals surface area (Å²) in [5, 5.41) is 0.954. The van der Waals surface area contributed by atoms with Crippen LogP contribution in [-0.2, 0) is 9.53 Å². The highest BCUT2D eigenvalue weighted by Crippen LogP contribution is 2.34. The standard InChI is InChI=1S/C24H25FN2O3/c1-15-12-18(25)13-16(2)23(15)21-6-7-26-22-14-19(4-5-20(21)22)30-17(3)24(28)27-8-10-29-11-9-27/h4-7,12-14,17H,8-11H2,1-3H3/t17-/m1/s1. The summed E-state index contributed by atoms with van der Waals surface area (Å²) < 4.78 is 25.0. The van der Waals surface area contributed by atoms with Crippen LogP contribution in [0.1, 0.15) is 18.1 Å². The second-order valence-electron chi connectivity index (χ2n) is 7.65. The first kappa shape index (κ1) is 20.3. The number of carbonyl (C=O) groups is 1. The number of ether oxygens (including phenoxy) is 2. The van der Waals surface area contributed by atoms with Gasteiger partial charge in [0.2, 0.25) is 0 Å². The maximum Gasteiger partial charge on any atom is 0.263 e. The fourth-order valence-corrected chi connectivity index (χ4v) is 4.05. The molecule has 156 valence electrons. The van der Waals surface area contributed by atoms with Gasteiger partial charge in [-0.3, -0.25) is 9.78 Å². The molecule has 6 heteroatoms. The van der Waals surface area contributed by atoms with Gasteiger partial charge in [0.15, 0.2) is 6.10 Å². The number of aromatic nitrogens is 1. The maximum absolute atomic E-state index is 13.7. The number of carbonyl (C=O) groups excluding carboxylic acids is 1. The van der Waals surface area contributed by atoms with E-state index >= 15 is 0 Å². The van der Waals surface area contributed by atoms with Crippen molar-refractivity contribution in [1.82, 2.24) is 9.88 Å². The van der Waals surface area contributed by atoms with Crippen LogP contribution in [0.2, 0.25) is 0 Å². The number of amides is 1. The van der Waals surface area contributed by atoms with E-state index in [9.17, 15) is 9.18 Å². The molecule has 0 N–H and O–H groups in total. The van der Waals surface area contributed by atoms with Gasteiger partial charge >= 0.3 is 0 Å². The molecule has 0 bridgehead atoms. The smallest absolute Gasteiger partial charge is 0.263 e. The number of pyridine rings is 1. The van der Waals surface area contributed by atoms with Gasteiger partial charge in [-0.25, -0.2) is 4.39 Å². The normalized spacial score (nSPS) is 15.3. The Labute approximate surface area is 175 Å². The molecule has 0 saturated carbocycles. The molecule has 1 amide bonds. The summed E-state index contributed by atoms with van der Waals surface area (Å²) in [6.07, 6.45) is 1.15. The van der Waals surface area contributed by atoms with Gasteiger partial charge in [-0.1, -0.05) is 0 Å². The van der Waals surface area contributed by atoms with Crippen LogP contribution in [0.4, 0.5) is 4.39 Å². The Balaban J connectivity index is 1.62. The summed E-state index contributed by atoms with van der Waals surface area (Å²) >= 11 is 0. The molecule has 0 radical (unpaired) electrons. The summed E-state index contributed by atoms with van der Waals surface area (Å²) in [6.45, 7) is 7.88. The molecule has 2 aromatic carbocycles. The Kier molecular flexibility index (Phi) is 5.68. The molecule has 1 aliphatic rings. The monoisotopic (exact) mass is 408 g/mol. The van der Waals surface area contributed by atoms with Crippen LogP contribution in [0.3, 0.4) is 0 Å². The van der Waals surface area contributed by atoms with Crippen LogP contribution in [0.25, 0.3) is 22.0 Å². The number of morpholine rings is 1. The summed E-state index contributed by atoms with van der Waals surface area (Å²) in [6, 6.07) is 10.7. The quantitative estimate of drug-likeness (QED) is 0.647. The second kappa shape index (κ2) is 8.40. The zero-order chi connectivity index (χ0) is 21.3. The molecule has 30 heavy (non-hydrogen) atoms. The number of rotatable bonds is 4. The van der Waals surface area contributed by atoms with E-state index in [-0.39, 0.29) is 11.7 Å². The van der Waals surface area contributed by atoms with Gasteiger partial charge in [0.1, 0.15) is 11.6 Å². The van der Waals surface area contributed by atoms with E-state index in [1.165, 1.54) is 0 Å². The number of nitrogens with zero attached hydrogens (tertiary/aromatic N) is 2. The molecule has 0 aliphatic carbocycles. The van der Waals surface area contributed by atoms with Crippen molar-refractivity contribution in [2.75, 3.05) is 26.3 Å². The lowest BCUT2D eigenvalue weighted by atomic mass is 9.93. The van der Waals surface area contributed by atoms with Crippen molar-refractivity contribution in [2.45, 2.75) is 26.9 Å². The van der Waals surface area contributed by atoms with E-state index in [1.807, 2.05) is 38.1 Å². The summed E-state index contributed by atoms with van der Waals surface area (Å²) in [4.78, 5) is 18.9. The van der Waals surface area contributed by atoms with E-state index in [2.05, 4.69) is 4.98 Å². The summed E-state index contributed by atoms with van der Waals surface area (Å²) in [5.41, 5.74) is 4.53. The molecular formula is C24H25FN2O3. The van der Waals surface area contributed by atoms with Crippen molar-refractivity contribution in [2.24, 2.45) is 0 Å². The molecule has 1 fully saturated rings. The molecule has 0 unspecified atom stereocenters. The van der Waals surface area contributed by atoms with Crippen LogP contribution in [0.5, 0.6) is 5.75 Å². The molecule has 1 aromatic heterocycles. The lowest BCUT2D eigenvalue weighted by molar-refractivity contribution is -0.142. The number of hydrogen-bond acceptors (Lipinski definition) is 4. The first-order valence-corrected chi connectivity index (χ1v) is 10.1. The Morgan fingerprint density at radius 3 is 2.53 bits per heavy atom. The van der Waals surface area contributed by atoms with Gasteiger partial charge < -0.3 is 14.4 Å². The number of benzene rings is 2. The Morgan fingerprint density at radius 1 is 1.13 bits per heavy atom. The fourth-order valence-electron chi connectivity index (χ4n) is 4.05. The minimum Gasteiger partial charge on any atom is -0.481 e. The van der Waals surface area contributed by atoms with Crippen molar-refractivity contribution in [1.29, 1.82) is 0 Å². The first-order valence-electron chi connectivity index (χ1n) is 10.1. The van der Waals surface area contributed by atoms with Gasteiger partial charge in [-0.2, -0.15) is 0 Å². The first-order chi connectivity index (χ1) is 14.4. The molecular weight excluding hydrogens is 383 g/mol. The van der Waals surface area contributed by atoms with Gasteiger partial charge in [0, 0.05) is 30.7 Å². The van der Waals surface area contributed by atoms with Crippen molar-refractivity contribution < 1.29 is 18.7 Å². The third-order valence-electron chi connectivity index (χ3n) is 5.46. The number of halogens is 1. The Hall–Kier alpha value is -2.99. The number of fused-ring (bicyclic) bond motifs is 1. The highest BCUT2D eigenvalue weighted by atomic mass is 19.1. The van der Waals surface area contributed by atoms with Gasteiger partial charge in [-0.15, -0.1) is 0 Å². The zero-order valence-corrected chi connectivity index (χ0v) is 17.4. The van der Waals surface area contributed by atoms with Gasteiger partial charge in [0.05, 0.1) is 18.7 Å². The van der Waals surface area contributed by atoms with E-state index in [0.717, 1.165) is 33.2 Å². The SMILES string of the molecule is Cc1cc(F)cc(C)c1-c1ccnc2cc(O[C@H](C)C(=O)N3CCOCC3)ccc12. The third kappa shape index (κ3) is 4.00. The minimum atomic E-state index is -0.592. The second-order valence-corrected chi connectivity index (χ2v) is 7.65. The predicted molar refractivity (Wildman–Crippen MR) is 114 cm³/mol. The highest BCUT2D eigenvalue weighted by Gasteiger charge is 2.24. The lowest BCUT2D eigenvalue weighted by Gasteiger charge is -2.29. The lowest BCUT2D eigenvalue weighted by Crippen LogP contribution is -2.46. The molecule has 1 atom stereocenters. The molecule has 1 aliphatic heterocycles. The molecule has 3 aromatic rings. The molecule has 4 rings (SSSR count). The van der Waals surface area contributed by atoms with E-state index in [0.29, 0.717) is 32.1 Å². The van der Waals surface area contributed by atoms with Crippen LogP contribution in [0.15, 0.2) is 42.6 Å². The van der Waals surface area contributed by atoms with Crippen LogP contribution in [-0.4, -0.2) is 48.2 Å². The Bertz CT molecular complexity index is 1070. The van der Waals surface area contributed by atoms with Crippen molar-refractivity contribution >= 4 is 16.8 Å². The Morgan fingerprint density at radius 2 is 1.83 bits per heavy atom. The fraction of sp³-hybridized carbons (Fsp3) is 0.333. The number of hydrogen-bond donors (Lipinski definition) is 0. The topological polar surface area (TPSA) is 51.7 Å². The van der Waals surface area contributed by atoms with Crippen LogP contribution < -0.4 is 4.74 Å². The van der Waals surface area contributed by atoms with Crippen molar-refractivity contribution in [3.8, 4) is 16.9 Å². The predicted octanol–water partition coefficient (Wildman–Crippen LogP) is 4.28. The van der Waals surface area contributed by atoms with E-state index in [1.54, 1.807) is 30.2 Å². The summed E-state index contributed by atoms with van der Waals surface area (Å²) in [5.74, 6) is 0.313. The molecule has 1 saturated heterocycles. The highest BCUT2D eigenvalue weighted by molar-refractivity contribution is 5.96. The van der Waals surface area contributed by atoms with E-state index < -0.39 is 6.10 Å². The number of aryl methyl sites for hydroxylation is 2. The summed E-state index contributed by atoms with van der Waals surface area (Å²) in [7, 11) is 0. The largest absolute Gasteiger partial charge is 0.481 e. The van der Waals surface area contributed by atoms with Crippen LogP contribution >= 0.6 is 0 Å². The molecule has 0 spiro atoms. The molecule has 5 nitrogen and oxygen atoms in total. The van der Waals surface area contributed by atoms with Gasteiger partial charge in [-0.05, 0) is 73.4 Å². The minimum absolute atomic E-state index is 0.0438. The van der Waals surface area contributed by atoms with E-state index in [4.69, 9.17) is 9.47 Å². The average molecular weight is 408 g/mol. The molecule has 2 heterocycles. The van der Waals surface area contributed by atoms with Crippen molar-refractivity contribution in [3.63, 3.8) is 0 Å². The third-order valence-corrected chi connectivity index (χ3v) is 5.46. The van der Waals surface area contributed by atoms with Crippen LogP contribution in [0, 0.1) is 19.7 Å². The van der Waals surface area contributed by atoms with Crippen molar-refractivity contribution in [3.05, 3.63) is 59.5 Å². The average Bonchev–Trinajstić information content (AvgIpc) is 2.73. The van der Waals surface area contributed by atoms with Gasteiger partial charge in [0.25, 0.3) is 5.91 Å².